The van der Waals surface area contributed by atoms with Gasteiger partial charge < -0.3 is 9.64 Å². The first kappa shape index (κ1) is 20.0. The molecule has 0 N–H and O–H groups in total. The minimum Gasteiger partial charge on any atom is -0.444 e. The van der Waals surface area contributed by atoms with E-state index in [4.69, 9.17) is 16.3 Å². The predicted molar refractivity (Wildman–Crippen MR) is 106 cm³/mol. The molecular weight excluding hydrogens is 386 g/mol. The number of ether oxygens (including phenoxy) is 1. The van der Waals surface area contributed by atoms with Crippen LogP contribution in [0.2, 0.25) is 5.15 Å². The summed E-state index contributed by atoms with van der Waals surface area (Å²) in [5, 5.41) is 0.483. The van der Waals surface area contributed by atoms with Crippen LogP contribution in [0.3, 0.4) is 0 Å². The molecule has 2 heterocycles. The summed E-state index contributed by atoms with van der Waals surface area (Å²) in [5.74, 6) is 0.503. The molecule has 8 heteroatoms. The lowest BCUT2D eigenvalue weighted by molar-refractivity contribution is 0.0176. The Balaban J connectivity index is 1.69. The average Bonchev–Trinajstić information content (AvgIpc) is 2.60. The second kappa shape index (κ2) is 8.10. The number of piperidine rings is 1. The molecule has 0 saturated carbocycles. The largest absolute Gasteiger partial charge is 0.444 e. The summed E-state index contributed by atoms with van der Waals surface area (Å²) in [5.41, 5.74) is 0.822. The number of aromatic nitrogens is 2. The highest BCUT2D eigenvalue weighted by Gasteiger charge is 2.29. The van der Waals surface area contributed by atoms with E-state index < -0.39 is 16.4 Å². The van der Waals surface area contributed by atoms with Gasteiger partial charge in [-0.3, -0.25) is 4.21 Å². The van der Waals surface area contributed by atoms with Crippen molar-refractivity contribution >= 4 is 39.5 Å². The number of fused-ring (bicyclic) bond motifs is 1. The lowest BCUT2D eigenvalue weighted by Crippen LogP contribution is -2.44. The molecule has 0 aliphatic carbocycles. The van der Waals surface area contributed by atoms with Crippen LogP contribution in [0.1, 0.15) is 33.6 Å². The highest BCUT2D eigenvalue weighted by atomic mass is 35.5. The minimum absolute atomic E-state index is 0.108. The van der Waals surface area contributed by atoms with Gasteiger partial charge in [0.2, 0.25) is 0 Å². The molecule has 1 saturated heterocycles. The Bertz CT molecular complexity index is 869. The number of benzene rings is 1. The minimum atomic E-state index is -1.38. The fourth-order valence-electron chi connectivity index (χ4n) is 3.09. The Labute approximate surface area is 166 Å². The number of carbonyl (C=O) groups excluding carboxylic acids is 1. The van der Waals surface area contributed by atoms with Crippen molar-refractivity contribution in [2.24, 2.45) is 5.92 Å². The van der Waals surface area contributed by atoms with Crippen molar-refractivity contribution in [3.05, 3.63) is 29.4 Å². The number of hydrogen-bond donors (Lipinski definition) is 0. The number of carbonyl (C=O) groups is 1. The molecule has 1 fully saturated rings. The standard InChI is InChI=1S/C19H24ClN3O3S/c1-19(2,3)26-18(24)23-10-6-7-13(11-23)12-27(25)17-16(20)21-14-8-4-5-9-15(14)22-17/h4-5,8-9,13H,6-7,10-12H2,1-3H3/t13-,27+/m1/s1. The average molecular weight is 410 g/mol. The molecule has 0 unspecified atom stereocenters. The maximum absolute atomic E-state index is 12.9. The molecule has 1 amide bonds. The van der Waals surface area contributed by atoms with Crippen LogP contribution in [-0.2, 0) is 15.5 Å². The normalized spacial score (nSPS) is 19.1. The Hall–Kier alpha value is -1.73. The van der Waals surface area contributed by atoms with Crippen LogP contribution in [0.25, 0.3) is 11.0 Å². The van der Waals surface area contributed by atoms with Gasteiger partial charge >= 0.3 is 6.09 Å². The first-order chi connectivity index (χ1) is 12.7. The highest BCUT2D eigenvalue weighted by molar-refractivity contribution is 7.85. The van der Waals surface area contributed by atoms with Gasteiger partial charge in [-0.1, -0.05) is 23.7 Å². The van der Waals surface area contributed by atoms with Gasteiger partial charge in [-0.2, -0.15) is 0 Å². The second-order valence-corrected chi connectivity index (χ2v) is 9.52. The number of nitrogens with zero attached hydrogens (tertiary/aromatic N) is 3. The molecule has 2 aromatic rings. The molecule has 3 rings (SSSR count). The zero-order valence-corrected chi connectivity index (χ0v) is 17.3. The van der Waals surface area contributed by atoms with Gasteiger partial charge in [0.25, 0.3) is 0 Å². The number of likely N-dealkylation sites (tertiary alicyclic amines) is 1. The molecule has 0 bridgehead atoms. The van der Waals surface area contributed by atoms with Crippen LogP contribution >= 0.6 is 11.6 Å². The maximum Gasteiger partial charge on any atom is 0.410 e. The van der Waals surface area contributed by atoms with Gasteiger partial charge in [-0.15, -0.1) is 0 Å². The Morgan fingerprint density at radius 3 is 2.63 bits per heavy atom. The van der Waals surface area contributed by atoms with Crippen LogP contribution in [0.15, 0.2) is 29.3 Å². The zero-order chi connectivity index (χ0) is 19.6. The van der Waals surface area contributed by atoms with E-state index >= 15 is 0 Å². The Kier molecular flexibility index (Phi) is 6.01. The van der Waals surface area contributed by atoms with Gasteiger partial charge in [0.15, 0.2) is 10.2 Å². The highest BCUT2D eigenvalue weighted by Crippen LogP contribution is 2.24. The Morgan fingerprint density at radius 1 is 1.30 bits per heavy atom. The van der Waals surface area contributed by atoms with E-state index in [1.165, 1.54) is 0 Å². The molecule has 0 radical (unpaired) electrons. The van der Waals surface area contributed by atoms with E-state index in [1.54, 1.807) is 4.90 Å². The zero-order valence-electron chi connectivity index (χ0n) is 15.8. The molecule has 6 nitrogen and oxygen atoms in total. The molecule has 1 aliphatic rings. The SMILES string of the molecule is CC(C)(C)OC(=O)N1CCC[C@@H](C[S@](=O)c2nc3ccccc3nc2Cl)C1. The molecule has 2 atom stereocenters. The summed E-state index contributed by atoms with van der Waals surface area (Å²) in [6, 6.07) is 7.36. The van der Waals surface area contributed by atoms with Crippen molar-refractivity contribution in [2.45, 2.75) is 44.2 Å². The van der Waals surface area contributed by atoms with Gasteiger partial charge in [-0.25, -0.2) is 14.8 Å². The first-order valence-corrected chi connectivity index (χ1v) is 10.7. The van der Waals surface area contributed by atoms with Crippen molar-refractivity contribution in [3.8, 4) is 0 Å². The number of rotatable bonds is 3. The van der Waals surface area contributed by atoms with Crippen molar-refractivity contribution in [2.75, 3.05) is 18.8 Å². The quantitative estimate of drug-likeness (QED) is 0.764. The number of hydrogen-bond acceptors (Lipinski definition) is 5. The molecule has 0 spiro atoms. The van der Waals surface area contributed by atoms with E-state index in [0.29, 0.717) is 34.9 Å². The number of amides is 1. The van der Waals surface area contributed by atoms with Gasteiger partial charge in [0.1, 0.15) is 5.60 Å². The van der Waals surface area contributed by atoms with Crippen LogP contribution in [0.5, 0.6) is 0 Å². The molecule has 146 valence electrons. The summed E-state index contributed by atoms with van der Waals surface area (Å²) in [7, 11) is -1.38. The van der Waals surface area contributed by atoms with Crippen molar-refractivity contribution in [1.29, 1.82) is 0 Å². The van der Waals surface area contributed by atoms with E-state index in [-0.39, 0.29) is 17.2 Å². The van der Waals surface area contributed by atoms with Crippen molar-refractivity contribution in [3.63, 3.8) is 0 Å². The maximum atomic E-state index is 12.9. The third-order valence-corrected chi connectivity index (χ3v) is 6.14. The van der Waals surface area contributed by atoms with E-state index in [1.807, 2.05) is 45.0 Å². The van der Waals surface area contributed by atoms with Gasteiger partial charge in [0.05, 0.1) is 21.8 Å². The first-order valence-electron chi connectivity index (χ1n) is 9.01. The smallest absolute Gasteiger partial charge is 0.410 e. The molecular formula is C19H24ClN3O3S. The molecule has 27 heavy (non-hydrogen) atoms. The fraction of sp³-hybridized carbons (Fsp3) is 0.526. The lowest BCUT2D eigenvalue weighted by Gasteiger charge is -2.33. The summed E-state index contributed by atoms with van der Waals surface area (Å²) < 4.78 is 18.3. The van der Waals surface area contributed by atoms with Crippen LogP contribution in [-0.4, -0.2) is 49.6 Å². The topological polar surface area (TPSA) is 72.4 Å². The van der Waals surface area contributed by atoms with E-state index in [2.05, 4.69) is 9.97 Å². The summed E-state index contributed by atoms with van der Waals surface area (Å²) >= 11 is 6.22. The molecule has 1 aliphatic heterocycles. The fourth-order valence-corrected chi connectivity index (χ4v) is 4.78. The van der Waals surface area contributed by atoms with Crippen LogP contribution in [0.4, 0.5) is 4.79 Å². The molecule has 1 aromatic heterocycles. The van der Waals surface area contributed by atoms with E-state index in [0.717, 1.165) is 12.8 Å². The molecule has 1 aromatic carbocycles. The van der Waals surface area contributed by atoms with Crippen LogP contribution in [0, 0.1) is 5.92 Å². The summed E-state index contributed by atoms with van der Waals surface area (Å²) in [6.45, 7) is 6.74. The van der Waals surface area contributed by atoms with E-state index in [9.17, 15) is 9.00 Å². The van der Waals surface area contributed by atoms with Crippen LogP contribution < -0.4 is 0 Å². The lowest BCUT2D eigenvalue weighted by atomic mass is 10.0. The van der Waals surface area contributed by atoms with Crippen molar-refractivity contribution in [1.82, 2.24) is 14.9 Å². The third-order valence-electron chi connectivity index (χ3n) is 4.27. The third kappa shape index (κ3) is 5.17. The van der Waals surface area contributed by atoms with Crippen molar-refractivity contribution < 1.29 is 13.7 Å². The predicted octanol–water partition coefficient (Wildman–Crippen LogP) is 4.04. The Morgan fingerprint density at radius 2 is 1.96 bits per heavy atom. The summed E-state index contributed by atoms with van der Waals surface area (Å²) in [4.78, 5) is 22.7. The van der Waals surface area contributed by atoms with Gasteiger partial charge in [0, 0.05) is 18.8 Å². The number of para-hydroxylation sites is 2. The second-order valence-electron chi connectivity index (χ2n) is 7.76. The van der Waals surface area contributed by atoms with Gasteiger partial charge in [-0.05, 0) is 51.7 Å². The monoisotopic (exact) mass is 409 g/mol. The summed E-state index contributed by atoms with van der Waals surface area (Å²) in [6.07, 6.45) is 1.45. The number of halogens is 1.